The zero-order chi connectivity index (χ0) is 14.9. The van der Waals surface area contributed by atoms with Crippen LogP contribution in [0.25, 0.3) is 0 Å². The Morgan fingerprint density at radius 2 is 2.29 bits per heavy atom. The molecule has 2 aliphatic heterocycles. The van der Waals surface area contributed by atoms with Gasteiger partial charge < -0.3 is 14.8 Å². The number of ether oxygens (including phenoxy) is 2. The number of nitrogens with zero attached hydrogens (tertiary/aromatic N) is 2. The van der Waals surface area contributed by atoms with Crippen LogP contribution in [0.4, 0.5) is 5.69 Å². The topological polar surface area (TPSA) is 86.5 Å². The maximum Gasteiger partial charge on any atom is 0.290 e. The molecule has 7 nitrogen and oxygen atoms in total. The number of piperidine rings is 1. The van der Waals surface area contributed by atoms with Gasteiger partial charge in [0.05, 0.1) is 17.1 Å². The normalized spacial score (nSPS) is 24.1. The minimum absolute atomic E-state index is 0.0137. The number of nitro groups is 1. The fourth-order valence-electron chi connectivity index (χ4n) is 3.06. The Bertz CT molecular complexity index is 543. The number of rotatable bonds is 3. The molecule has 0 radical (unpaired) electrons. The Labute approximate surface area is 122 Å². The molecule has 1 unspecified atom stereocenters. The lowest BCUT2D eigenvalue weighted by Crippen LogP contribution is -2.41. The van der Waals surface area contributed by atoms with Crippen LogP contribution in [-0.2, 0) is 4.74 Å². The van der Waals surface area contributed by atoms with Gasteiger partial charge in [-0.15, -0.1) is 0 Å². The second-order valence-corrected chi connectivity index (χ2v) is 5.75. The van der Waals surface area contributed by atoms with Crippen LogP contribution in [0.3, 0.4) is 0 Å². The van der Waals surface area contributed by atoms with Crippen molar-refractivity contribution in [2.24, 2.45) is 0 Å². The summed E-state index contributed by atoms with van der Waals surface area (Å²) < 4.78 is 11.8. The van der Waals surface area contributed by atoms with Crippen molar-refractivity contribution >= 4 is 5.69 Å². The van der Waals surface area contributed by atoms with Crippen LogP contribution in [0.1, 0.15) is 24.8 Å². The minimum atomic E-state index is -0.436. The van der Waals surface area contributed by atoms with Crippen LogP contribution in [0.15, 0.2) is 12.3 Å². The fraction of sp³-hybridized carbons (Fsp3) is 0.643. The van der Waals surface area contributed by atoms with Crippen molar-refractivity contribution < 1.29 is 14.4 Å². The molecule has 114 valence electrons. The number of nitrogens with one attached hydrogen (secondary N) is 1. The molecule has 2 saturated heterocycles. The van der Waals surface area contributed by atoms with Crippen molar-refractivity contribution in [2.45, 2.75) is 37.9 Å². The van der Waals surface area contributed by atoms with E-state index in [1.54, 1.807) is 13.0 Å². The summed E-state index contributed by atoms with van der Waals surface area (Å²) >= 11 is 0. The van der Waals surface area contributed by atoms with Crippen molar-refractivity contribution in [1.82, 2.24) is 10.3 Å². The third kappa shape index (κ3) is 2.98. The highest BCUT2D eigenvalue weighted by atomic mass is 16.6. The van der Waals surface area contributed by atoms with Gasteiger partial charge in [-0.05, 0) is 32.9 Å². The molecule has 2 aliphatic rings. The number of hydrogen-bond acceptors (Lipinski definition) is 6. The van der Waals surface area contributed by atoms with Crippen molar-refractivity contribution in [1.29, 1.82) is 0 Å². The van der Waals surface area contributed by atoms with Crippen LogP contribution < -0.4 is 10.1 Å². The van der Waals surface area contributed by atoms with E-state index in [4.69, 9.17) is 9.47 Å². The van der Waals surface area contributed by atoms with Crippen LogP contribution >= 0.6 is 0 Å². The van der Waals surface area contributed by atoms with Gasteiger partial charge in [-0.1, -0.05) is 0 Å². The summed E-state index contributed by atoms with van der Waals surface area (Å²) in [6.07, 6.45) is 4.07. The summed E-state index contributed by atoms with van der Waals surface area (Å²) in [5.41, 5.74) is 0.506. The Morgan fingerprint density at radius 3 is 2.95 bits per heavy atom. The zero-order valence-corrected chi connectivity index (χ0v) is 12.0. The van der Waals surface area contributed by atoms with Gasteiger partial charge in [-0.3, -0.25) is 10.1 Å². The van der Waals surface area contributed by atoms with E-state index in [1.165, 1.54) is 6.20 Å². The van der Waals surface area contributed by atoms with Gasteiger partial charge in [0.25, 0.3) is 5.69 Å². The van der Waals surface area contributed by atoms with E-state index >= 15 is 0 Å². The highest BCUT2D eigenvalue weighted by molar-refractivity contribution is 5.39. The van der Waals surface area contributed by atoms with E-state index in [9.17, 15) is 10.1 Å². The molecule has 1 aromatic heterocycles. The quantitative estimate of drug-likeness (QED) is 0.672. The molecule has 0 bridgehead atoms. The number of pyridine rings is 1. The van der Waals surface area contributed by atoms with Gasteiger partial charge in [0.15, 0.2) is 0 Å². The average molecular weight is 293 g/mol. The third-order valence-electron chi connectivity index (χ3n) is 4.23. The van der Waals surface area contributed by atoms with E-state index < -0.39 is 4.92 Å². The van der Waals surface area contributed by atoms with Crippen LogP contribution in [-0.4, -0.2) is 41.3 Å². The SMILES string of the molecule is Cc1cc(OC2COC3(CCNCC3)C2)ncc1[N+](=O)[O-]. The summed E-state index contributed by atoms with van der Waals surface area (Å²) in [5, 5.41) is 14.1. The van der Waals surface area contributed by atoms with Crippen molar-refractivity contribution in [3.63, 3.8) is 0 Å². The molecule has 0 amide bonds. The Morgan fingerprint density at radius 1 is 1.52 bits per heavy atom. The molecule has 1 spiro atoms. The lowest BCUT2D eigenvalue weighted by atomic mass is 9.89. The largest absolute Gasteiger partial charge is 0.472 e. The summed E-state index contributed by atoms with van der Waals surface area (Å²) in [7, 11) is 0. The lowest BCUT2D eigenvalue weighted by Gasteiger charge is -2.32. The van der Waals surface area contributed by atoms with Crippen LogP contribution in [0, 0.1) is 17.0 Å². The maximum absolute atomic E-state index is 10.8. The zero-order valence-electron chi connectivity index (χ0n) is 12.0. The first-order valence-corrected chi connectivity index (χ1v) is 7.20. The van der Waals surface area contributed by atoms with E-state index in [-0.39, 0.29) is 17.4 Å². The third-order valence-corrected chi connectivity index (χ3v) is 4.23. The highest BCUT2D eigenvalue weighted by Gasteiger charge is 2.42. The number of aryl methyl sites for hydroxylation is 1. The molecule has 3 heterocycles. The minimum Gasteiger partial charge on any atom is -0.472 e. The highest BCUT2D eigenvalue weighted by Crippen LogP contribution is 2.35. The fourth-order valence-corrected chi connectivity index (χ4v) is 3.06. The molecule has 3 rings (SSSR count). The maximum atomic E-state index is 10.8. The summed E-state index contributed by atoms with van der Waals surface area (Å²) in [5.74, 6) is 0.428. The molecule has 1 atom stereocenters. The molecular weight excluding hydrogens is 274 g/mol. The standard InChI is InChI=1S/C14H19N3O4/c1-10-6-13(16-8-12(10)17(18)19)21-11-7-14(20-9-11)2-4-15-5-3-14/h6,8,11,15H,2-5,7,9H2,1H3. The molecule has 0 saturated carbocycles. The second kappa shape index (κ2) is 5.57. The van der Waals surface area contributed by atoms with Crippen LogP contribution in [0.2, 0.25) is 0 Å². The molecule has 0 aromatic carbocycles. The van der Waals surface area contributed by atoms with Gasteiger partial charge in [-0.25, -0.2) is 4.98 Å². The predicted molar refractivity (Wildman–Crippen MR) is 75.4 cm³/mol. The van der Waals surface area contributed by atoms with Gasteiger partial charge >= 0.3 is 0 Å². The molecular formula is C14H19N3O4. The van der Waals surface area contributed by atoms with Crippen molar-refractivity contribution in [3.05, 3.63) is 27.9 Å². The van der Waals surface area contributed by atoms with Crippen molar-refractivity contribution in [3.8, 4) is 5.88 Å². The van der Waals surface area contributed by atoms with Gasteiger partial charge in [0, 0.05) is 18.1 Å². The van der Waals surface area contributed by atoms with E-state index in [0.717, 1.165) is 32.4 Å². The molecule has 7 heteroatoms. The summed E-state index contributed by atoms with van der Waals surface area (Å²) in [6, 6.07) is 1.62. The smallest absolute Gasteiger partial charge is 0.290 e. The molecule has 1 aromatic rings. The second-order valence-electron chi connectivity index (χ2n) is 5.75. The van der Waals surface area contributed by atoms with Gasteiger partial charge in [0.2, 0.25) is 5.88 Å². The Kier molecular flexibility index (Phi) is 3.77. The molecule has 1 N–H and O–H groups in total. The van der Waals surface area contributed by atoms with Gasteiger partial charge in [-0.2, -0.15) is 0 Å². The van der Waals surface area contributed by atoms with Gasteiger partial charge in [0.1, 0.15) is 12.3 Å². The van der Waals surface area contributed by atoms with E-state index in [2.05, 4.69) is 10.3 Å². The van der Waals surface area contributed by atoms with Crippen LogP contribution in [0.5, 0.6) is 5.88 Å². The summed E-state index contributed by atoms with van der Waals surface area (Å²) in [6.45, 7) is 4.19. The first-order valence-electron chi connectivity index (χ1n) is 7.20. The molecule has 0 aliphatic carbocycles. The average Bonchev–Trinajstić information content (AvgIpc) is 2.82. The first kappa shape index (κ1) is 14.2. The first-order chi connectivity index (χ1) is 10.1. The number of hydrogen-bond donors (Lipinski definition) is 1. The summed E-state index contributed by atoms with van der Waals surface area (Å²) in [4.78, 5) is 14.4. The Hall–Kier alpha value is -1.73. The number of aromatic nitrogens is 1. The molecule has 2 fully saturated rings. The molecule has 21 heavy (non-hydrogen) atoms. The Balaban J connectivity index is 1.65. The van der Waals surface area contributed by atoms with E-state index in [0.29, 0.717) is 18.1 Å². The lowest BCUT2D eigenvalue weighted by molar-refractivity contribution is -0.385. The predicted octanol–water partition coefficient (Wildman–Crippen LogP) is 1.59. The van der Waals surface area contributed by atoms with Crippen molar-refractivity contribution in [2.75, 3.05) is 19.7 Å². The monoisotopic (exact) mass is 293 g/mol. The van der Waals surface area contributed by atoms with E-state index in [1.807, 2.05) is 0 Å².